The van der Waals surface area contributed by atoms with Crippen molar-refractivity contribution >= 4 is 27.8 Å². The Morgan fingerprint density at radius 3 is 3.00 bits per heavy atom. The van der Waals surface area contributed by atoms with E-state index in [0.717, 1.165) is 31.2 Å². The van der Waals surface area contributed by atoms with Crippen molar-refractivity contribution in [2.24, 2.45) is 0 Å². The van der Waals surface area contributed by atoms with E-state index in [9.17, 15) is 13.2 Å². The first-order chi connectivity index (χ1) is 9.45. The average molecular weight is 319 g/mol. The van der Waals surface area contributed by atoms with Gasteiger partial charge in [0.1, 0.15) is 5.56 Å². The van der Waals surface area contributed by atoms with Crippen LogP contribution < -0.4 is 4.72 Å². The fraction of sp³-hybridized carbons (Fsp3) is 0.636. The van der Waals surface area contributed by atoms with Crippen molar-refractivity contribution in [1.29, 1.82) is 0 Å². The number of aromatic nitrogens is 2. The number of aromatic amines is 1. The van der Waals surface area contributed by atoms with Gasteiger partial charge in [0, 0.05) is 11.3 Å². The smallest absolute Gasteiger partial charge is 0.340 e. The maximum atomic E-state index is 12.3. The van der Waals surface area contributed by atoms with E-state index in [1.54, 1.807) is 11.8 Å². The monoisotopic (exact) mass is 319 g/mol. The van der Waals surface area contributed by atoms with Crippen LogP contribution in [0, 0.1) is 0 Å². The summed E-state index contributed by atoms with van der Waals surface area (Å²) in [6, 6.07) is -0.158. The molecule has 0 saturated heterocycles. The SMILES string of the molecule is CCSC1CCCC1NS(=O)(=O)c1[nH]ncc1C(=O)O. The van der Waals surface area contributed by atoms with E-state index in [0.29, 0.717) is 0 Å². The predicted molar refractivity (Wildman–Crippen MR) is 75.4 cm³/mol. The van der Waals surface area contributed by atoms with E-state index >= 15 is 0 Å². The molecule has 112 valence electrons. The molecule has 7 nitrogen and oxygen atoms in total. The van der Waals surface area contributed by atoms with E-state index in [1.165, 1.54) is 0 Å². The van der Waals surface area contributed by atoms with Gasteiger partial charge in [-0.1, -0.05) is 13.3 Å². The Bertz CT molecular complexity index is 584. The molecule has 1 aromatic heterocycles. The number of carboxylic acid groups (broad SMARTS) is 1. The molecule has 2 rings (SSSR count). The van der Waals surface area contributed by atoms with E-state index in [-0.39, 0.29) is 21.9 Å². The van der Waals surface area contributed by atoms with E-state index in [2.05, 4.69) is 14.9 Å². The van der Waals surface area contributed by atoms with Crippen molar-refractivity contribution < 1.29 is 18.3 Å². The van der Waals surface area contributed by atoms with Gasteiger partial charge in [0.05, 0.1) is 6.20 Å². The van der Waals surface area contributed by atoms with Crippen LogP contribution in [-0.4, -0.2) is 46.7 Å². The second kappa shape index (κ2) is 6.15. The summed E-state index contributed by atoms with van der Waals surface area (Å²) < 4.78 is 27.1. The summed E-state index contributed by atoms with van der Waals surface area (Å²) in [7, 11) is -3.89. The molecule has 1 aliphatic carbocycles. The summed E-state index contributed by atoms with van der Waals surface area (Å²) in [5, 5.41) is 14.6. The van der Waals surface area contributed by atoms with E-state index in [1.807, 2.05) is 6.92 Å². The van der Waals surface area contributed by atoms with Crippen LogP contribution in [0.5, 0.6) is 0 Å². The molecule has 0 bridgehead atoms. The minimum atomic E-state index is -3.89. The second-order valence-electron chi connectivity index (χ2n) is 4.57. The van der Waals surface area contributed by atoms with Gasteiger partial charge >= 0.3 is 5.97 Å². The molecule has 1 aromatic rings. The third-order valence-corrected chi connectivity index (χ3v) is 6.03. The summed E-state index contributed by atoms with van der Waals surface area (Å²) in [6.07, 6.45) is 3.72. The molecule has 2 unspecified atom stereocenters. The minimum absolute atomic E-state index is 0.158. The Hall–Kier alpha value is -1.06. The van der Waals surface area contributed by atoms with Crippen LogP contribution in [-0.2, 0) is 10.0 Å². The summed E-state index contributed by atoms with van der Waals surface area (Å²) >= 11 is 1.73. The Balaban J connectivity index is 2.19. The van der Waals surface area contributed by atoms with Gasteiger partial charge in [0.2, 0.25) is 0 Å². The van der Waals surface area contributed by atoms with Gasteiger partial charge in [-0.3, -0.25) is 5.10 Å². The highest BCUT2D eigenvalue weighted by Crippen LogP contribution is 2.31. The van der Waals surface area contributed by atoms with Crippen LogP contribution in [0.2, 0.25) is 0 Å². The van der Waals surface area contributed by atoms with Crippen molar-refractivity contribution in [3.8, 4) is 0 Å². The highest BCUT2D eigenvalue weighted by Gasteiger charge is 2.33. The highest BCUT2D eigenvalue weighted by molar-refractivity contribution is 8.00. The number of nitrogens with zero attached hydrogens (tertiary/aromatic N) is 1. The number of sulfonamides is 1. The number of thioether (sulfide) groups is 1. The molecule has 0 aromatic carbocycles. The molecule has 20 heavy (non-hydrogen) atoms. The number of nitrogens with one attached hydrogen (secondary N) is 2. The molecule has 0 spiro atoms. The number of carboxylic acids is 1. The zero-order valence-corrected chi connectivity index (χ0v) is 12.6. The van der Waals surface area contributed by atoms with Gasteiger partial charge in [-0.15, -0.1) is 0 Å². The van der Waals surface area contributed by atoms with Gasteiger partial charge in [0.15, 0.2) is 5.03 Å². The summed E-state index contributed by atoms with van der Waals surface area (Å²) in [6.45, 7) is 2.03. The topological polar surface area (TPSA) is 112 Å². The molecular formula is C11H17N3O4S2. The fourth-order valence-corrected chi connectivity index (χ4v) is 5.05. The van der Waals surface area contributed by atoms with Gasteiger partial charge in [0.25, 0.3) is 10.0 Å². The molecular weight excluding hydrogens is 302 g/mol. The van der Waals surface area contributed by atoms with Crippen molar-refractivity contribution in [1.82, 2.24) is 14.9 Å². The Morgan fingerprint density at radius 2 is 2.35 bits per heavy atom. The molecule has 0 amide bonds. The van der Waals surface area contributed by atoms with Gasteiger partial charge in [-0.2, -0.15) is 16.9 Å². The fourth-order valence-electron chi connectivity index (χ4n) is 2.36. The normalized spacial score (nSPS) is 23.1. The standard InChI is InChI=1S/C11H17N3O4S2/c1-2-19-9-5-3-4-8(9)14-20(17,18)10-7(11(15)16)6-12-13-10/h6,8-9,14H,2-5H2,1H3,(H,12,13)(H,15,16). The van der Waals surface area contributed by atoms with Crippen LogP contribution >= 0.6 is 11.8 Å². The zero-order valence-electron chi connectivity index (χ0n) is 11.0. The zero-order chi connectivity index (χ0) is 14.8. The van der Waals surface area contributed by atoms with Crippen molar-refractivity contribution in [2.45, 2.75) is 42.5 Å². The maximum Gasteiger partial charge on any atom is 0.340 e. The van der Waals surface area contributed by atoms with E-state index in [4.69, 9.17) is 5.11 Å². The van der Waals surface area contributed by atoms with Crippen LogP contribution in [0.1, 0.15) is 36.5 Å². The molecule has 3 N–H and O–H groups in total. The quantitative estimate of drug-likeness (QED) is 0.723. The van der Waals surface area contributed by atoms with Crippen LogP contribution in [0.4, 0.5) is 0 Å². The Morgan fingerprint density at radius 1 is 1.60 bits per heavy atom. The first-order valence-corrected chi connectivity index (χ1v) is 8.89. The number of H-pyrrole nitrogens is 1. The highest BCUT2D eigenvalue weighted by atomic mass is 32.2. The molecule has 1 fully saturated rings. The van der Waals surface area contributed by atoms with Gasteiger partial charge in [-0.25, -0.2) is 17.9 Å². The predicted octanol–water partition coefficient (Wildman–Crippen LogP) is 1.06. The average Bonchev–Trinajstić information content (AvgIpc) is 2.99. The first-order valence-electron chi connectivity index (χ1n) is 6.36. The molecule has 0 aliphatic heterocycles. The summed E-state index contributed by atoms with van der Waals surface area (Å²) in [5.74, 6) is -0.391. The van der Waals surface area contributed by atoms with Crippen LogP contribution in [0.25, 0.3) is 0 Å². The van der Waals surface area contributed by atoms with Crippen molar-refractivity contribution in [3.05, 3.63) is 11.8 Å². The lowest BCUT2D eigenvalue weighted by Gasteiger charge is -2.19. The largest absolute Gasteiger partial charge is 0.478 e. The minimum Gasteiger partial charge on any atom is -0.478 e. The maximum absolute atomic E-state index is 12.3. The van der Waals surface area contributed by atoms with E-state index < -0.39 is 16.0 Å². The van der Waals surface area contributed by atoms with Crippen molar-refractivity contribution in [2.75, 3.05) is 5.75 Å². The lowest BCUT2D eigenvalue weighted by atomic mass is 10.3. The Kier molecular flexibility index (Phi) is 4.71. The summed E-state index contributed by atoms with van der Waals surface area (Å²) in [4.78, 5) is 11.0. The first kappa shape index (κ1) is 15.3. The van der Waals surface area contributed by atoms with Gasteiger partial charge in [-0.05, 0) is 18.6 Å². The number of aromatic carboxylic acids is 1. The number of carbonyl (C=O) groups is 1. The van der Waals surface area contributed by atoms with Crippen LogP contribution in [0.3, 0.4) is 0 Å². The summed E-state index contributed by atoms with van der Waals surface area (Å²) in [5.41, 5.74) is -0.338. The third-order valence-electron chi connectivity index (χ3n) is 3.24. The third kappa shape index (κ3) is 3.15. The van der Waals surface area contributed by atoms with Gasteiger partial charge < -0.3 is 5.11 Å². The second-order valence-corrected chi connectivity index (χ2v) is 7.74. The molecule has 9 heteroatoms. The number of hydrogen-bond acceptors (Lipinski definition) is 5. The number of rotatable bonds is 6. The molecule has 1 saturated carbocycles. The van der Waals surface area contributed by atoms with Crippen LogP contribution in [0.15, 0.2) is 11.2 Å². The molecule has 0 radical (unpaired) electrons. The Labute approximate surface area is 121 Å². The lowest BCUT2D eigenvalue weighted by molar-refractivity contribution is 0.0692. The molecule has 1 heterocycles. The van der Waals surface area contributed by atoms with Crippen molar-refractivity contribution in [3.63, 3.8) is 0 Å². The molecule has 2 atom stereocenters. The molecule has 1 aliphatic rings. The number of hydrogen-bond donors (Lipinski definition) is 3. The lowest BCUT2D eigenvalue weighted by Crippen LogP contribution is -2.39.